The Labute approximate surface area is 117 Å². The molecule has 3 heteroatoms. The van der Waals surface area contributed by atoms with E-state index in [-0.39, 0.29) is 0 Å². The van der Waals surface area contributed by atoms with E-state index >= 15 is 0 Å². The second-order valence-electron chi connectivity index (χ2n) is 4.60. The molecule has 1 N–H and O–H groups in total. The number of nitrogens with one attached hydrogen (secondary N) is 1. The molecule has 0 spiro atoms. The van der Waals surface area contributed by atoms with Crippen LogP contribution in [0.5, 0.6) is 0 Å². The lowest BCUT2D eigenvalue weighted by molar-refractivity contribution is 0.489. The summed E-state index contributed by atoms with van der Waals surface area (Å²) in [5.41, 5.74) is 2.51. The monoisotopic (exact) mass is 307 g/mol. The van der Waals surface area contributed by atoms with E-state index in [1.165, 1.54) is 11.1 Å². The summed E-state index contributed by atoms with van der Waals surface area (Å²) >= 11 is 3.49. The highest BCUT2D eigenvalue weighted by molar-refractivity contribution is 9.10. The molecule has 18 heavy (non-hydrogen) atoms. The van der Waals surface area contributed by atoms with Gasteiger partial charge >= 0.3 is 0 Å². The van der Waals surface area contributed by atoms with Crippen molar-refractivity contribution in [2.45, 2.75) is 33.4 Å². The van der Waals surface area contributed by atoms with Gasteiger partial charge in [-0.2, -0.15) is 0 Å². The van der Waals surface area contributed by atoms with Crippen LogP contribution in [-0.2, 0) is 6.54 Å². The Morgan fingerprint density at radius 3 is 2.67 bits per heavy atom. The molecule has 0 saturated heterocycles. The fraction of sp³-hybridized carbons (Fsp3) is 0.333. The van der Waals surface area contributed by atoms with Crippen molar-refractivity contribution in [2.24, 2.45) is 0 Å². The third-order valence-electron chi connectivity index (χ3n) is 3.05. The van der Waals surface area contributed by atoms with Gasteiger partial charge in [0, 0.05) is 22.6 Å². The first-order valence-electron chi connectivity index (χ1n) is 6.11. The summed E-state index contributed by atoms with van der Waals surface area (Å²) in [5, 5.41) is 3.52. The normalized spacial score (nSPS) is 12.7. The lowest BCUT2D eigenvalue weighted by Gasteiger charge is -2.13. The molecule has 1 aromatic heterocycles. The molecule has 96 valence electrons. The van der Waals surface area contributed by atoms with E-state index in [0.29, 0.717) is 6.04 Å². The van der Waals surface area contributed by atoms with Crippen LogP contribution in [0.15, 0.2) is 39.2 Å². The minimum absolute atomic E-state index is 0.293. The topological polar surface area (TPSA) is 25.2 Å². The summed E-state index contributed by atoms with van der Waals surface area (Å²) in [7, 11) is 0. The molecule has 0 fully saturated rings. The van der Waals surface area contributed by atoms with E-state index in [0.717, 1.165) is 22.5 Å². The molecule has 0 amide bonds. The molecule has 0 aliphatic carbocycles. The first-order chi connectivity index (χ1) is 8.56. The minimum atomic E-state index is 0.293. The number of benzene rings is 1. The van der Waals surface area contributed by atoms with Crippen molar-refractivity contribution in [1.29, 1.82) is 0 Å². The van der Waals surface area contributed by atoms with Crippen LogP contribution in [0.1, 0.15) is 35.6 Å². The summed E-state index contributed by atoms with van der Waals surface area (Å²) in [6.45, 7) is 7.01. The molecule has 2 nitrogen and oxygen atoms in total. The van der Waals surface area contributed by atoms with Crippen LogP contribution in [0.2, 0.25) is 0 Å². The van der Waals surface area contributed by atoms with Gasteiger partial charge in [0.1, 0.15) is 11.5 Å². The number of furan rings is 1. The van der Waals surface area contributed by atoms with Crippen molar-refractivity contribution < 1.29 is 4.42 Å². The quantitative estimate of drug-likeness (QED) is 0.899. The number of hydrogen-bond acceptors (Lipinski definition) is 2. The summed E-state index contributed by atoms with van der Waals surface area (Å²) < 4.78 is 6.67. The van der Waals surface area contributed by atoms with Gasteiger partial charge in [0.05, 0.1) is 0 Å². The number of aryl methyl sites for hydroxylation is 2. The highest BCUT2D eigenvalue weighted by atomic mass is 79.9. The third kappa shape index (κ3) is 3.24. The fourth-order valence-electron chi connectivity index (χ4n) is 2.11. The van der Waals surface area contributed by atoms with Crippen LogP contribution in [0.3, 0.4) is 0 Å². The highest BCUT2D eigenvalue weighted by Gasteiger charge is 2.11. The SMILES string of the molecule is Cc1cc(C(C)NCc2cccc(Br)c2)c(C)o1. The summed E-state index contributed by atoms with van der Waals surface area (Å²) in [4.78, 5) is 0. The van der Waals surface area contributed by atoms with Crippen molar-refractivity contribution in [1.82, 2.24) is 5.32 Å². The standard InChI is InChI=1S/C15H18BrNO/c1-10-7-15(12(3)18-10)11(2)17-9-13-5-4-6-14(16)8-13/h4-8,11,17H,9H2,1-3H3. The average Bonchev–Trinajstić information content (AvgIpc) is 2.66. The zero-order valence-corrected chi connectivity index (χ0v) is 12.5. The van der Waals surface area contributed by atoms with Gasteiger partial charge in [0.2, 0.25) is 0 Å². The first kappa shape index (κ1) is 13.4. The Hall–Kier alpha value is -1.06. The number of rotatable bonds is 4. The molecule has 1 atom stereocenters. The summed E-state index contributed by atoms with van der Waals surface area (Å²) in [6.07, 6.45) is 0. The van der Waals surface area contributed by atoms with E-state index in [2.05, 4.69) is 52.4 Å². The molecule has 2 aromatic rings. The van der Waals surface area contributed by atoms with Gasteiger partial charge in [-0.15, -0.1) is 0 Å². The van der Waals surface area contributed by atoms with E-state index < -0.39 is 0 Å². The van der Waals surface area contributed by atoms with Crippen LogP contribution >= 0.6 is 15.9 Å². The van der Waals surface area contributed by atoms with Gasteiger partial charge in [-0.05, 0) is 44.5 Å². The van der Waals surface area contributed by atoms with Crippen LogP contribution in [-0.4, -0.2) is 0 Å². The van der Waals surface area contributed by atoms with Crippen LogP contribution < -0.4 is 5.32 Å². The molecule has 1 aromatic carbocycles. The summed E-state index contributed by atoms with van der Waals surface area (Å²) in [5.74, 6) is 1.97. The Kier molecular flexibility index (Phi) is 4.25. The van der Waals surface area contributed by atoms with Crippen LogP contribution in [0.4, 0.5) is 0 Å². The van der Waals surface area contributed by atoms with E-state index in [9.17, 15) is 0 Å². The molecule has 0 radical (unpaired) electrons. The molecule has 0 aliphatic rings. The predicted molar refractivity (Wildman–Crippen MR) is 77.6 cm³/mol. The Balaban J connectivity index is 2.00. The van der Waals surface area contributed by atoms with E-state index in [1.54, 1.807) is 0 Å². The van der Waals surface area contributed by atoms with Gasteiger partial charge in [0.15, 0.2) is 0 Å². The van der Waals surface area contributed by atoms with Crippen molar-refractivity contribution in [3.8, 4) is 0 Å². The largest absolute Gasteiger partial charge is 0.466 e. The smallest absolute Gasteiger partial charge is 0.105 e. The first-order valence-corrected chi connectivity index (χ1v) is 6.90. The molecular weight excluding hydrogens is 290 g/mol. The molecule has 0 bridgehead atoms. The van der Waals surface area contributed by atoms with Gasteiger partial charge in [-0.1, -0.05) is 28.1 Å². The zero-order valence-electron chi connectivity index (χ0n) is 11.0. The number of hydrogen-bond donors (Lipinski definition) is 1. The van der Waals surface area contributed by atoms with Crippen molar-refractivity contribution in [3.05, 3.63) is 57.5 Å². The lowest BCUT2D eigenvalue weighted by Crippen LogP contribution is -2.18. The maximum absolute atomic E-state index is 5.56. The third-order valence-corrected chi connectivity index (χ3v) is 3.54. The molecule has 0 aliphatic heterocycles. The Bertz CT molecular complexity index is 533. The molecular formula is C15H18BrNO. The Morgan fingerprint density at radius 2 is 2.06 bits per heavy atom. The van der Waals surface area contributed by atoms with Gasteiger partial charge < -0.3 is 9.73 Å². The maximum Gasteiger partial charge on any atom is 0.105 e. The predicted octanol–water partition coefficient (Wildman–Crippen LogP) is 4.51. The lowest BCUT2D eigenvalue weighted by atomic mass is 10.1. The second-order valence-corrected chi connectivity index (χ2v) is 5.52. The number of halogens is 1. The fourth-order valence-corrected chi connectivity index (χ4v) is 2.55. The van der Waals surface area contributed by atoms with Gasteiger partial charge in [-0.3, -0.25) is 0 Å². The summed E-state index contributed by atoms with van der Waals surface area (Å²) in [6, 6.07) is 10.7. The maximum atomic E-state index is 5.56. The van der Waals surface area contributed by atoms with Crippen LogP contribution in [0, 0.1) is 13.8 Å². The minimum Gasteiger partial charge on any atom is -0.466 e. The zero-order chi connectivity index (χ0) is 13.1. The average molecular weight is 308 g/mol. The van der Waals surface area contributed by atoms with E-state index in [4.69, 9.17) is 4.42 Å². The van der Waals surface area contributed by atoms with Gasteiger partial charge in [-0.25, -0.2) is 0 Å². The van der Waals surface area contributed by atoms with Crippen LogP contribution in [0.25, 0.3) is 0 Å². The van der Waals surface area contributed by atoms with Crippen molar-refractivity contribution in [3.63, 3.8) is 0 Å². The Morgan fingerprint density at radius 1 is 1.28 bits per heavy atom. The van der Waals surface area contributed by atoms with Crippen molar-refractivity contribution in [2.75, 3.05) is 0 Å². The molecule has 1 heterocycles. The van der Waals surface area contributed by atoms with Crippen molar-refractivity contribution >= 4 is 15.9 Å². The molecule has 1 unspecified atom stereocenters. The molecule has 2 rings (SSSR count). The van der Waals surface area contributed by atoms with E-state index in [1.807, 2.05) is 19.9 Å². The van der Waals surface area contributed by atoms with Gasteiger partial charge in [0.25, 0.3) is 0 Å². The molecule has 0 saturated carbocycles. The second kappa shape index (κ2) is 5.72. The highest BCUT2D eigenvalue weighted by Crippen LogP contribution is 2.21.